The summed E-state index contributed by atoms with van der Waals surface area (Å²) in [5, 5.41) is 11.3. The van der Waals surface area contributed by atoms with Crippen molar-refractivity contribution >= 4 is 45.7 Å². The molecule has 2 N–H and O–H groups in total. The van der Waals surface area contributed by atoms with Crippen LogP contribution < -0.4 is 5.32 Å². The number of hydrogen-bond acceptors (Lipinski definition) is 8. The number of anilines is 2. The number of ketones is 1. The second kappa shape index (κ2) is 9.19. The zero-order valence-electron chi connectivity index (χ0n) is 16.0. The van der Waals surface area contributed by atoms with Crippen LogP contribution in [0.5, 0.6) is 0 Å². The first-order valence-electron chi connectivity index (χ1n) is 8.78. The summed E-state index contributed by atoms with van der Waals surface area (Å²) in [6.07, 6.45) is 0. The Morgan fingerprint density at radius 3 is 2.66 bits per heavy atom. The fourth-order valence-corrected chi connectivity index (χ4v) is 4.42. The van der Waals surface area contributed by atoms with Crippen molar-refractivity contribution in [3.05, 3.63) is 52.6 Å². The lowest BCUT2D eigenvalue weighted by atomic mass is 10.1. The zero-order valence-corrected chi connectivity index (χ0v) is 17.7. The molecule has 2 aromatic heterocycles. The number of benzene rings is 1. The summed E-state index contributed by atoms with van der Waals surface area (Å²) in [6.45, 7) is 5.42. The molecule has 0 aliphatic heterocycles. The fourth-order valence-electron chi connectivity index (χ4n) is 2.78. The molecule has 29 heavy (non-hydrogen) atoms. The van der Waals surface area contributed by atoms with Crippen molar-refractivity contribution in [1.82, 2.24) is 15.2 Å². The van der Waals surface area contributed by atoms with Crippen LogP contribution in [0, 0.1) is 19.7 Å². The summed E-state index contributed by atoms with van der Waals surface area (Å²) in [5.41, 5.74) is 2.13. The topological polar surface area (TPSA) is 97.0 Å². The Bertz CT molecular complexity index is 1050. The van der Waals surface area contributed by atoms with E-state index in [0.29, 0.717) is 32.1 Å². The monoisotopic (exact) mass is 434 g/mol. The second-order valence-corrected chi connectivity index (χ2v) is 8.24. The van der Waals surface area contributed by atoms with Gasteiger partial charge in [0, 0.05) is 11.4 Å². The molecule has 0 saturated carbocycles. The predicted octanol–water partition coefficient (Wildman–Crippen LogP) is 4.52. The number of halogens is 1. The molecule has 0 saturated heterocycles. The highest BCUT2D eigenvalue weighted by Crippen LogP contribution is 2.30. The minimum Gasteiger partial charge on any atom is -0.462 e. The van der Waals surface area contributed by atoms with E-state index in [-0.39, 0.29) is 23.7 Å². The highest BCUT2D eigenvalue weighted by atomic mass is 32.2. The minimum absolute atomic E-state index is 0.0822. The number of aromatic nitrogens is 3. The Balaban J connectivity index is 1.68. The van der Waals surface area contributed by atoms with Crippen molar-refractivity contribution < 1.29 is 18.7 Å². The maximum absolute atomic E-state index is 13.7. The highest BCUT2D eigenvalue weighted by Gasteiger charge is 2.25. The van der Waals surface area contributed by atoms with Crippen molar-refractivity contribution in [1.29, 1.82) is 0 Å². The van der Waals surface area contributed by atoms with Gasteiger partial charge in [-0.25, -0.2) is 9.18 Å². The Labute approximate surface area is 175 Å². The van der Waals surface area contributed by atoms with Crippen LogP contribution in [0.4, 0.5) is 15.2 Å². The number of Topliss-reactive ketones (excluding diaryl/α,β-unsaturated/α-hetero) is 1. The van der Waals surface area contributed by atoms with Crippen LogP contribution in [0.2, 0.25) is 0 Å². The predicted molar refractivity (Wildman–Crippen MR) is 111 cm³/mol. The number of para-hydroxylation sites is 1. The van der Waals surface area contributed by atoms with E-state index >= 15 is 0 Å². The summed E-state index contributed by atoms with van der Waals surface area (Å²) in [7, 11) is 0. The fraction of sp³-hybridized carbons (Fsp3) is 0.263. The van der Waals surface area contributed by atoms with Crippen molar-refractivity contribution in [2.75, 3.05) is 17.7 Å². The molecule has 3 rings (SSSR count). The second-order valence-electron chi connectivity index (χ2n) is 6.04. The Morgan fingerprint density at radius 2 is 1.93 bits per heavy atom. The number of thioether (sulfide) groups is 1. The van der Waals surface area contributed by atoms with E-state index in [1.54, 1.807) is 39.0 Å². The molecule has 3 aromatic rings. The van der Waals surface area contributed by atoms with E-state index in [4.69, 9.17) is 4.74 Å². The van der Waals surface area contributed by atoms with E-state index in [1.165, 1.54) is 29.2 Å². The molecule has 1 aromatic carbocycles. The first-order chi connectivity index (χ1) is 13.9. The molecule has 10 heteroatoms. The van der Waals surface area contributed by atoms with Crippen molar-refractivity contribution in [2.24, 2.45) is 0 Å². The molecule has 0 aliphatic rings. The molecular weight excluding hydrogens is 415 g/mol. The zero-order chi connectivity index (χ0) is 21.0. The van der Waals surface area contributed by atoms with Gasteiger partial charge in [0.2, 0.25) is 5.13 Å². The molecule has 0 unspecified atom stereocenters. The summed E-state index contributed by atoms with van der Waals surface area (Å²) in [6, 6.07) is 6.26. The van der Waals surface area contributed by atoms with Gasteiger partial charge in [-0.2, -0.15) is 0 Å². The van der Waals surface area contributed by atoms with Crippen molar-refractivity contribution in [3.63, 3.8) is 0 Å². The van der Waals surface area contributed by atoms with Crippen LogP contribution in [-0.2, 0) is 4.74 Å². The van der Waals surface area contributed by atoms with Gasteiger partial charge in [0.05, 0.1) is 29.2 Å². The highest BCUT2D eigenvalue weighted by molar-refractivity contribution is 8.01. The standard InChI is InChI=1S/C19H19FN4O3S2/c1-4-27-17(26)16-11(3)21-10(2)15(16)14(25)9-28-19-24-23-18(29-19)22-13-8-6-5-7-12(13)20/h5-8,21H,4,9H2,1-3H3,(H,22,23). The lowest BCUT2D eigenvalue weighted by Crippen LogP contribution is -2.13. The number of H-pyrrole nitrogens is 1. The lowest BCUT2D eigenvalue weighted by Gasteiger charge is -2.05. The maximum atomic E-state index is 13.7. The first-order valence-corrected chi connectivity index (χ1v) is 10.6. The third-order valence-corrected chi connectivity index (χ3v) is 5.95. The van der Waals surface area contributed by atoms with Gasteiger partial charge in [-0.1, -0.05) is 35.2 Å². The summed E-state index contributed by atoms with van der Waals surface area (Å²) >= 11 is 2.42. The van der Waals surface area contributed by atoms with Gasteiger partial charge in [0.25, 0.3) is 0 Å². The van der Waals surface area contributed by atoms with E-state index in [0.717, 1.165) is 0 Å². The van der Waals surface area contributed by atoms with Crippen LogP contribution in [0.15, 0.2) is 28.6 Å². The van der Waals surface area contributed by atoms with Crippen LogP contribution in [0.3, 0.4) is 0 Å². The van der Waals surface area contributed by atoms with Crippen LogP contribution in [0.25, 0.3) is 0 Å². The van der Waals surface area contributed by atoms with E-state index in [1.807, 2.05) is 0 Å². The summed E-state index contributed by atoms with van der Waals surface area (Å²) in [4.78, 5) is 28.0. The summed E-state index contributed by atoms with van der Waals surface area (Å²) < 4.78 is 19.3. The minimum atomic E-state index is -0.519. The lowest BCUT2D eigenvalue weighted by molar-refractivity contribution is 0.0522. The number of aryl methyl sites for hydroxylation is 2. The van der Waals surface area contributed by atoms with Crippen molar-refractivity contribution in [2.45, 2.75) is 25.1 Å². The molecule has 0 bridgehead atoms. The number of rotatable bonds is 8. The number of esters is 1. The van der Waals surface area contributed by atoms with Gasteiger partial charge in [0.1, 0.15) is 5.82 Å². The quantitative estimate of drug-likeness (QED) is 0.306. The number of hydrogen-bond donors (Lipinski definition) is 2. The van der Waals surface area contributed by atoms with Gasteiger partial charge in [-0.15, -0.1) is 10.2 Å². The van der Waals surface area contributed by atoms with Crippen LogP contribution >= 0.6 is 23.1 Å². The molecule has 0 radical (unpaired) electrons. The average molecular weight is 435 g/mol. The number of nitrogens with one attached hydrogen (secondary N) is 2. The Kier molecular flexibility index (Phi) is 6.65. The molecule has 152 valence electrons. The Morgan fingerprint density at radius 1 is 1.21 bits per heavy atom. The third-order valence-electron chi connectivity index (χ3n) is 3.98. The molecule has 0 fully saturated rings. The molecule has 0 aliphatic carbocycles. The molecule has 0 amide bonds. The van der Waals surface area contributed by atoms with Crippen LogP contribution in [-0.4, -0.2) is 39.3 Å². The largest absolute Gasteiger partial charge is 0.462 e. The number of nitrogens with zero attached hydrogens (tertiary/aromatic N) is 2. The molecule has 7 nitrogen and oxygen atoms in total. The smallest absolute Gasteiger partial charge is 0.340 e. The van der Waals surface area contributed by atoms with Gasteiger partial charge < -0.3 is 15.0 Å². The number of carbonyl (C=O) groups is 2. The number of carbonyl (C=O) groups excluding carboxylic acids is 2. The molecular formula is C19H19FN4O3S2. The first kappa shape index (κ1) is 21.0. The Hall–Kier alpha value is -2.72. The van der Waals surface area contributed by atoms with Crippen molar-refractivity contribution in [3.8, 4) is 0 Å². The number of ether oxygens (including phenoxy) is 1. The van der Waals surface area contributed by atoms with Crippen LogP contribution in [0.1, 0.15) is 39.0 Å². The van der Waals surface area contributed by atoms with Gasteiger partial charge >= 0.3 is 5.97 Å². The summed E-state index contributed by atoms with van der Waals surface area (Å²) in [5.74, 6) is -1.04. The van der Waals surface area contributed by atoms with E-state index < -0.39 is 11.8 Å². The third kappa shape index (κ3) is 4.83. The van der Waals surface area contributed by atoms with E-state index in [9.17, 15) is 14.0 Å². The maximum Gasteiger partial charge on any atom is 0.340 e. The average Bonchev–Trinajstić information content (AvgIpc) is 3.25. The van der Waals surface area contributed by atoms with Gasteiger partial charge in [-0.3, -0.25) is 4.79 Å². The number of aromatic amines is 1. The normalized spacial score (nSPS) is 10.8. The molecule has 2 heterocycles. The SMILES string of the molecule is CCOC(=O)c1c(C)[nH]c(C)c1C(=O)CSc1nnc(Nc2ccccc2F)s1. The van der Waals surface area contributed by atoms with Gasteiger partial charge in [0.15, 0.2) is 10.1 Å². The molecule has 0 atom stereocenters. The molecule has 0 spiro atoms. The van der Waals surface area contributed by atoms with E-state index in [2.05, 4.69) is 20.5 Å². The van der Waals surface area contributed by atoms with Gasteiger partial charge in [-0.05, 0) is 32.9 Å².